The molecule has 0 aromatic rings. The van der Waals surface area contributed by atoms with Crippen LogP contribution in [0.15, 0.2) is 11.8 Å². The Labute approximate surface area is 48.1 Å². The van der Waals surface area contributed by atoms with E-state index >= 15 is 0 Å². The normalized spacial score (nSPS) is 18.8. The minimum Gasteiger partial charge on any atom is -0.501 e. The summed E-state index contributed by atoms with van der Waals surface area (Å²) in [5.41, 5.74) is 0.774. The van der Waals surface area contributed by atoms with Crippen LogP contribution >= 0.6 is 0 Å². The topological polar surface area (TPSA) is 26.3 Å². The third-order valence-electron chi connectivity index (χ3n) is 1.11. The summed E-state index contributed by atoms with van der Waals surface area (Å²) in [4.78, 5) is 10.0. The van der Waals surface area contributed by atoms with Gasteiger partial charge in [-0.1, -0.05) is 0 Å². The van der Waals surface area contributed by atoms with Crippen LogP contribution in [0, 0.1) is 0 Å². The van der Waals surface area contributed by atoms with E-state index in [4.69, 9.17) is 4.74 Å². The van der Waals surface area contributed by atoms with E-state index in [0.717, 1.165) is 31.3 Å². The first-order valence-electron chi connectivity index (χ1n) is 2.69. The molecule has 0 spiro atoms. The third-order valence-corrected chi connectivity index (χ3v) is 1.11. The zero-order chi connectivity index (χ0) is 5.82. The summed E-state index contributed by atoms with van der Waals surface area (Å²) in [6.07, 6.45) is 4.24. The molecule has 0 bridgehead atoms. The first-order valence-corrected chi connectivity index (χ1v) is 2.69. The maximum atomic E-state index is 10.0. The van der Waals surface area contributed by atoms with Crippen molar-refractivity contribution < 1.29 is 9.53 Å². The summed E-state index contributed by atoms with van der Waals surface area (Å²) in [5.74, 6) is 0. The van der Waals surface area contributed by atoms with Gasteiger partial charge in [-0.15, -0.1) is 0 Å². The summed E-state index contributed by atoms with van der Waals surface area (Å²) < 4.78 is 4.88. The average molecular weight is 112 g/mol. The monoisotopic (exact) mass is 112 g/mol. The van der Waals surface area contributed by atoms with E-state index in [1.165, 1.54) is 6.26 Å². The van der Waals surface area contributed by atoms with E-state index in [0.29, 0.717) is 0 Å². The zero-order valence-corrected chi connectivity index (χ0v) is 4.59. The highest BCUT2D eigenvalue weighted by molar-refractivity contribution is 5.72. The Bertz CT molecular complexity index is 116. The van der Waals surface area contributed by atoms with Crippen molar-refractivity contribution in [3.05, 3.63) is 11.8 Å². The Morgan fingerprint density at radius 1 is 1.75 bits per heavy atom. The molecule has 1 aliphatic heterocycles. The summed E-state index contributed by atoms with van der Waals surface area (Å²) >= 11 is 0. The highest BCUT2D eigenvalue weighted by Crippen LogP contribution is 2.07. The van der Waals surface area contributed by atoms with Gasteiger partial charge in [-0.05, 0) is 12.8 Å². The van der Waals surface area contributed by atoms with Gasteiger partial charge >= 0.3 is 0 Å². The van der Waals surface area contributed by atoms with E-state index in [1.54, 1.807) is 0 Å². The Morgan fingerprint density at radius 3 is 3.00 bits per heavy atom. The van der Waals surface area contributed by atoms with Crippen LogP contribution in [0.2, 0.25) is 0 Å². The van der Waals surface area contributed by atoms with E-state index in [9.17, 15) is 4.79 Å². The first-order chi connectivity index (χ1) is 3.93. The van der Waals surface area contributed by atoms with Gasteiger partial charge in [-0.3, -0.25) is 4.79 Å². The highest BCUT2D eigenvalue weighted by atomic mass is 16.5. The number of rotatable bonds is 1. The fraction of sp³-hybridized carbons (Fsp3) is 0.500. The molecule has 8 heavy (non-hydrogen) atoms. The Hall–Kier alpha value is -0.790. The van der Waals surface area contributed by atoms with Crippen LogP contribution in [0.3, 0.4) is 0 Å². The molecule has 0 radical (unpaired) electrons. The molecule has 2 nitrogen and oxygen atoms in total. The largest absolute Gasteiger partial charge is 0.501 e. The van der Waals surface area contributed by atoms with Gasteiger partial charge in [0.2, 0.25) is 0 Å². The molecule has 0 fully saturated rings. The van der Waals surface area contributed by atoms with Crippen LogP contribution in [-0.4, -0.2) is 12.9 Å². The minimum absolute atomic E-state index is 0.761. The lowest BCUT2D eigenvalue weighted by atomic mass is 10.2. The van der Waals surface area contributed by atoms with Crippen molar-refractivity contribution in [3.8, 4) is 0 Å². The molecule has 0 aromatic heterocycles. The van der Waals surface area contributed by atoms with Gasteiger partial charge in [0.1, 0.15) is 6.29 Å². The molecule has 0 aromatic carbocycles. The van der Waals surface area contributed by atoms with Crippen molar-refractivity contribution in [2.75, 3.05) is 6.61 Å². The summed E-state index contributed by atoms with van der Waals surface area (Å²) in [6, 6.07) is 0. The van der Waals surface area contributed by atoms with Crippen LogP contribution in [0.5, 0.6) is 0 Å². The number of hydrogen-bond acceptors (Lipinski definition) is 2. The van der Waals surface area contributed by atoms with Crippen LogP contribution in [0.1, 0.15) is 12.8 Å². The summed E-state index contributed by atoms with van der Waals surface area (Å²) in [6.45, 7) is 0.761. The Balaban J connectivity index is 2.49. The molecule has 2 heteroatoms. The molecule has 0 saturated carbocycles. The summed E-state index contributed by atoms with van der Waals surface area (Å²) in [5, 5.41) is 0. The van der Waals surface area contributed by atoms with Gasteiger partial charge in [0.15, 0.2) is 0 Å². The molecule has 44 valence electrons. The number of allylic oxidation sites excluding steroid dienone is 1. The maximum absolute atomic E-state index is 10.0. The minimum atomic E-state index is 0.761. The van der Waals surface area contributed by atoms with Gasteiger partial charge in [-0.25, -0.2) is 0 Å². The summed E-state index contributed by atoms with van der Waals surface area (Å²) in [7, 11) is 0. The Morgan fingerprint density at radius 2 is 2.62 bits per heavy atom. The molecule has 1 aliphatic rings. The van der Waals surface area contributed by atoms with Crippen LogP contribution in [-0.2, 0) is 9.53 Å². The molecule has 0 unspecified atom stereocenters. The lowest BCUT2D eigenvalue weighted by molar-refractivity contribution is -0.105. The van der Waals surface area contributed by atoms with Crippen molar-refractivity contribution >= 4 is 6.29 Å². The van der Waals surface area contributed by atoms with Crippen molar-refractivity contribution in [2.24, 2.45) is 0 Å². The Kier molecular flexibility index (Phi) is 1.67. The second kappa shape index (κ2) is 2.50. The third kappa shape index (κ3) is 1.09. The van der Waals surface area contributed by atoms with Gasteiger partial charge < -0.3 is 4.74 Å². The van der Waals surface area contributed by atoms with Gasteiger partial charge in [0.25, 0.3) is 0 Å². The quantitative estimate of drug-likeness (QED) is 0.471. The predicted molar refractivity (Wildman–Crippen MR) is 29.3 cm³/mol. The zero-order valence-electron chi connectivity index (χ0n) is 4.59. The second-order valence-electron chi connectivity index (χ2n) is 1.78. The SMILES string of the molecule is O=CC1=COCCC1. The lowest BCUT2D eigenvalue weighted by Gasteiger charge is -2.07. The maximum Gasteiger partial charge on any atom is 0.149 e. The van der Waals surface area contributed by atoms with Crippen molar-refractivity contribution in [2.45, 2.75) is 12.8 Å². The molecule has 0 N–H and O–H groups in total. The van der Waals surface area contributed by atoms with Gasteiger partial charge in [0, 0.05) is 5.57 Å². The number of ether oxygens (including phenoxy) is 1. The van der Waals surface area contributed by atoms with Crippen LogP contribution in [0.25, 0.3) is 0 Å². The van der Waals surface area contributed by atoms with Crippen molar-refractivity contribution in [1.29, 1.82) is 0 Å². The number of carbonyl (C=O) groups is 1. The fourth-order valence-electron chi connectivity index (χ4n) is 0.671. The van der Waals surface area contributed by atoms with Gasteiger partial charge in [-0.2, -0.15) is 0 Å². The number of hydrogen-bond donors (Lipinski definition) is 0. The molecular weight excluding hydrogens is 104 g/mol. The molecule has 0 saturated heterocycles. The van der Waals surface area contributed by atoms with E-state index < -0.39 is 0 Å². The van der Waals surface area contributed by atoms with E-state index in [1.807, 2.05) is 0 Å². The molecule has 1 rings (SSSR count). The first kappa shape index (κ1) is 5.35. The van der Waals surface area contributed by atoms with Crippen molar-refractivity contribution in [3.63, 3.8) is 0 Å². The molecule has 0 amide bonds. The fourth-order valence-corrected chi connectivity index (χ4v) is 0.671. The highest BCUT2D eigenvalue weighted by Gasteiger charge is 2.00. The van der Waals surface area contributed by atoms with Crippen LogP contribution < -0.4 is 0 Å². The molecular formula is C6H8O2. The molecule has 1 heterocycles. The predicted octanol–water partition coefficient (Wildman–Crippen LogP) is 0.880. The lowest BCUT2D eigenvalue weighted by Crippen LogP contribution is -1.98. The van der Waals surface area contributed by atoms with Crippen molar-refractivity contribution in [1.82, 2.24) is 0 Å². The number of carbonyl (C=O) groups excluding carboxylic acids is 1. The second-order valence-corrected chi connectivity index (χ2v) is 1.78. The smallest absolute Gasteiger partial charge is 0.149 e. The standard InChI is InChI=1S/C6H8O2/c7-4-6-2-1-3-8-5-6/h4-5H,1-3H2. The molecule has 0 atom stereocenters. The van der Waals surface area contributed by atoms with Crippen LogP contribution in [0.4, 0.5) is 0 Å². The average Bonchev–Trinajstić information content (AvgIpc) is 1.90. The number of aldehydes is 1. The van der Waals surface area contributed by atoms with E-state index in [-0.39, 0.29) is 0 Å². The van der Waals surface area contributed by atoms with Gasteiger partial charge in [0.05, 0.1) is 12.9 Å². The molecule has 0 aliphatic carbocycles. The van der Waals surface area contributed by atoms with E-state index in [2.05, 4.69) is 0 Å².